The van der Waals surface area contributed by atoms with Crippen molar-refractivity contribution in [2.24, 2.45) is 0 Å². The maximum absolute atomic E-state index is 5.34. The summed E-state index contributed by atoms with van der Waals surface area (Å²) < 4.78 is 0. The van der Waals surface area contributed by atoms with E-state index in [9.17, 15) is 0 Å². The van der Waals surface area contributed by atoms with Gasteiger partial charge in [0.05, 0.1) is 11.2 Å². The molecule has 0 bridgehead atoms. The summed E-state index contributed by atoms with van der Waals surface area (Å²) in [6, 6.07) is 12.8. The molecule has 0 aliphatic heterocycles. The molecule has 2 aromatic rings. The number of pyridine rings is 1. The van der Waals surface area contributed by atoms with E-state index in [1.54, 1.807) is 0 Å². The number of hydrogen-bond acceptors (Lipinski definition) is 2. The molecule has 1 aromatic carbocycles. The molecule has 0 radical (unpaired) electrons. The van der Waals surface area contributed by atoms with Crippen LogP contribution in [0, 0.1) is 12.3 Å². The molecule has 0 amide bonds. The number of para-hydroxylation sites is 1. The third-order valence-corrected chi connectivity index (χ3v) is 3.43. The Balaban J connectivity index is 2.18. The summed E-state index contributed by atoms with van der Waals surface area (Å²) in [5.41, 5.74) is 2.18. The fourth-order valence-electron chi connectivity index (χ4n) is 2.36. The Morgan fingerprint density at radius 3 is 2.90 bits per heavy atom. The van der Waals surface area contributed by atoms with Gasteiger partial charge >= 0.3 is 0 Å². The number of rotatable bonds is 7. The van der Waals surface area contributed by atoms with Crippen LogP contribution in [0.25, 0.3) is 10.9 Å². The van der Waals surface area contributed by atoms with Gasteiger partial charge in [0.1, 0.15) is 0 Å². The van der Waals surface area contributed by atoms with Crippen LogP contribution in [0.15, 0.2) is 36.4 Å². The quantitative estimate of drug-likeness (QED) is 0.603. The Hall–Kier alpha value is -1.85. The average molecular weight is 266 g/mol. The minimum absolute atomic E-state index is 0.299. The van der Waals surface area contributed by atoms with Gasteiger partial charge in [0.2, 0.25) is 0 Å². The van der Waals surface area contributed by atoms with Crippen molar-refractivity contribution in [3.05, 3.63) is 42.1 Å². The van der Waals surface area contributed by atoms with E-state index in [-0.39, 0.29) is 0 Å². The molecular weight excluding hydrogens is 244 g/mol. The lowest BCUT2D eigenvalue weighted by Crippen LogP contribution is -2.23. The maximum Gasteiger partial charge on any atom is 0.0706 e. The van der Waals surface area contributed by atoms with Gasteiger partial charge in [0.15, 0.2) is 0 Å². The van der Waals surface area contributed by atoms with E-state index >= 15 is 0 Å². The Bertz CT molecular complexity index is 583. The first kappa shape index (κ1) is 14.6. The first-order chi connectivity index (χ1) is 9.85. The maximum atomic E-state index is 5.34. The average Bonchev–Trinajstić information content (AvgIpc) is 2.50. The first-order valence-corrected chi connectivity index (χ1v) is 7.37. The van der Waals surface area contributed by atoms with E-state index in [4.69, 9.17) is 11.4 Å². The van der Waals surface area contributed by atoms with Gasteiger partial charge in [-0.15, -0.1) is 12.3 Å². The highest BCUT2D eigenvalue weighted by Gasteiger charge is 2.12. The van der Waals surface area contributed by atoms with Crippen molar-refractivity contribution in [3.8, 4) is 12.3 Å². The van der Waals surface area contributed by atoms with Gasteiger partial charge in [0, 0.05) is 17.8 Å². The van der Waals surface area contributed by atoms with E-state index in [1.807, 2.05) is 12.1 Å². The molecule has 20 heavy (non-hydrogen) atoms. The highest BCUT2D eigenvalue weighted by Crippen LogP contribution is 2.21. The standard InChI is InChI=1S/C18H22N2/c1-3-5-6-11-17(19-14-4-2)18-13-12-15-9-7-8-10-16(15)20-18/h1,7-10,12-13,17,19H,4-6,11,14H2,2H3. The molecule has 1 heterocycles. The SMILES string of the molecule is C#CCCCC(NCCC)c1ccc2ccccc2n1. The van der Waals surface area contributed by atoms with Crippen LogP contribution < -0.4 is 5.32 Å². The Kier molecular flexibility index (Phi) is 5.58. The summed E-state index contributed by atoms with van der Waals surface area (Å²) in [6.07, 6.45) is 9.37. The van der Waals surface area contributed by atoms with Crippen molar-refractivity contribution in [2.45, 2.75) is 38.6 Å². The smallest absolute Gasteiger partial charge is 0.0706 e. The molecule has 0 saturated carbocycles. The van der Waals surface area contributed by atoms with Gasteiger partial charge in [-0.2, -0.15) is 0 Å². The molecule has 1 unspecified atom stereocenters. The van der Waals surface area contributed by atoms with Crippen LogP contribution in [0.4, 0.5) is 0 Å². The van der Waals surface area contributed by atoms with Crippen LogP contribution >= 0.6 is 0 Å². The van der Waals surface area contributed by atoms with Crippen molar-refractivity contribution in [3.63, 3.8) is 0 Å². The van der Waals surface area contributed by atoms with Crippen molar-refractivity contribution < 1.29 is 0 Å². The van der Waals surface area contributed by atoms with Gasteiger partial charge in [-0.1, -0.05) is 31.2 Å². The molecule has 1 aromatic heterocycles. The molecule has 0 spiro atoms. The molecular formula is C18H22N2. The third kappa shape index (κ3) is 3.82. The topological polar surface area (TPSA) is 24.9 Å². The summed E-state index contributed by atoms with van der Waals surface area (Å²) in [4.78, 5) is 4.79. The van der Waals surface area contributed by atoms with Gasteiger partial charge in [-0.25, -0.2) is 0 Å². The summed E-state index contributed by atoms with van der Waals surface area (Å²) in [6.45, 7) is 3.19. The van der Waals surface area contributed by atoms with Crippen LogP contribution in [0.1, 0.15) is 44.3 Å². The molecule has 2 rings (SSSR count). The van der Waals surface area contributed by atoms with E-state index in [1.165, 1.54) is 5.39 Å². The molecule has 1 atom stereocenters. The van der Waals surface area contributed by atoms with Crippen molar-refractivity contribution in [2.75, 3.05) is 6.54 Å². The minimum Gasteiger partial charge on any atom is -0.309 e. The predicted octanol–water partition coefficient (Wildman–Crippen LogP) is 4.08. The van der Waals surface area contributed by atoms with Crippen LogP contribution in [-0.2, 0) is 0 Å². The normalized spacial score (nSPS) is 12.2. The molecule has 0 fully saturated rings. The lowest BCUT2D eigenvalue weighted by Gasteiger charge is -2.18. The van der Waals surface area contributed by atoms with Gasteiger partial charge < -0.3 is 5.32 Å². The van der Waals surface area contributed by atoms with Crippen molar-refractivity contribution in [1.29, 1.82) is 0 Å². The highest BCUT2D eigenvalue weighted by atomic mass is 14.9. The number of nitrogens with zero attached hydrogens (tertiary/aromatic N) is 1. The molecule has 0 saturated heterocycles. The molecule has 0 aliphatic carbocycles. The van der Waals surface area contributed by atoms with E-state index < -0.39 is 0 Å². The number of fused-ring (bicyclic) bond motifs is 1. The number of aromatic nitrogens is 1. The lowest BCUT2D eigenvalue weighted by molar-refractivity contribution is 0.479. The van der Waals surface area contributed by atoms with Gasteiger partial charge in [-0.05, 0) is 37.9 Å². The highest BCUT2D eigenvalue weighted by molar-refractivity contribution is 5.78. The Morgan fingerprint density at radius 2 is 2.10 bits per heavy atom. The van der Waals surface area contributed by atoms with Gasteiger partial charge in [0.25, 0.3) is 0 Å². The Labute approximate surface area is 121 Å². The second-order valence-corrected chi connectivity index (χ2v) is 5.03. The summed E-state index contributed by atoms with van der Waals surface area (Å²) in [5.74, 6) is 2.71. The van der Waals surface area contributed by atoms with Crippen LogP contribution in [-0.4, -0.2) is 11.5 Å². The van der Waals surface area contributed by atoms with Crippen LogP contribution in [0.5, 0.6) is 0 Å². The predicted molar refractivity (Wildman–Crippen MR) is 85.5 cm³/mol. The number of hydrogen-bond donors (Lipinski definition) is 1. The molecule has 2 heteroatoms. The van der Waals surface area contributed by atoms with Crippen molar-refractivity contribution >= 4 is 10.9 Å². The second kappa shape index (κ2) is 7.67. The van der Waals surface area contributed by atoms with Crippen molar-refractivity contribution in [1.82, 2.24) is 10.3 Å². The number of benzene rings is 1. The van der Waals surface area contributed by atoms with Gasteiger partial charge in [-0.3, -0.25) is 4.98 Å². The number of unbranched alkanes of at least 4 members (excludes halogenated alkanes) is 1. The first-order valence-electron chi connectivity index (χ1n) is 7.37. The fraction of sp³-hybridized carbons (Fsp3) is 0.389. The minimum atomic E-state index is 0.299. The molecule has 2 nitrogen and oxygen atoms in total. The zero-order valence-electron chi connectivity index (χ0n) is 12.1. The number of nitrogens with one attached hydrogen (secondary N) is 1. The monoisotopic (exact) mass is 266 g/mol. The zero-order chi connectivity index (χ0) is 14.2. The molecule has 1 N–H and O–H groups in total. The van der Waals surface area contributed by atoms with Crippen LogP contribution in [0.2, 0.25) is 0 Å². The summed E-state index contributed by atoms with van der Waals surface area (Å²) >= 11 is 0. The molecule has 0 aliphatic rings. The fourth-order valence-corrected chi connectivity index (χ4v) is 2.36. The van der Waals surface area contributed by atoms with Crippen LogP contribution in [0.3, 0.4) is 0 Å². The Morgan fingerprint density at radius 1 is 1.25 bits per heavy atom. The third-order valence-electron chi connectivity index (χ3n) is 3.43. The van der Waals surface area contributed by atoms with E-state index in [0.29, 0.717) is 6.04 Å². The largest absolute Gasteiger partial charge is 0.309 e. The second-order valence-electron chi connectivity index (χ2n) is 5.03. The summed E-state index contributed by atoms with van der Waals surface area (Å²) in [5, 5.41) is 4.77. The zero-order valence-corrected chi connectivity index (χ0v) is 12.1. The van der Waals surface area contributed by atoms with E-state index in [0.717, 1.165) is 43.4 Å². The summed E-state index contributed by atoms with van der Waals surface area (Å²) in [7, 11) is 0. The molecule has 104 valence electrons. The van der Waals surface area contributed by atoms with E-state index in [2.05, 4.69) is 42.4 Å². The number of terminal acetylenes is 1. The lowest BCUT2D eigenvalue weighted by atomic mass is 10.0.